The van der Waals surface area contributed by atoms with Crippen LogP contribution in [0.5, 0.6) is 0 Å². The standard InChI is InChI=1S/C8H18N2O2/c1-6(2)8(12)10-5-7(11)4-9-3/h6-7,9,11H,4-5H2,1-3H3,(H,10,12)/t7-/m1/s1. The van der Waals surface area contributed by atoms with Crippen molar-refractivity contribution in [3.05, 3.63) is 0 Å². The van der Waals surface area contributed by atoms with Crippen LogP contribution in [0.1, 0.15) is 13.8 Å². The van der Waals surface area contributed by atoms with Gasteiger partial charge in [-0.2, -0.15) is 0 Å². The summed E-state index contributed by atoms with van der Waals surface area (Å²) in [6, 6.07) is 0. The highest BCUT2D eigenvalue weighted by Gasteiger charge is 2.08. The lowest BCUT2D eigenvalue weighted by Gasteiger charge is -2.12. The van der Waals surface area contributed by atoms with E-state index in [-0.39, 0.29) is 11.8 Å². The van der Waals surface area contributed by atoms with E-state index in [0.717, 1.165) is 0 Å². The molecule has 0 fully saturated rings. The highest BCUT2D eigenvalue weighted by Crippen LogP contribution is 1.90. The van der Waals surface area contributed by atoms with Crippen LogP contribution < -0.4 is 10.6 Å². The molecular formula is C8H18N2O2. The van der Waals surface area contributed by atoms with Crippen molar-refractivity contribution in [3.8, 4) is 0 Å². The third-order valence-electron chi connectivity index (χ3n) is 1.48. The molecule has 4 nitrogen and oxygen atoms in total. The highest BCUT2D eigenvalue weighted by molar-refractivity contribution is 5.77. The number of aliphatic hydroxyl groups excluding tert-OH is 1. The minimum atomic E-state index is -0.502. The third kappa shape index (κ3) is 5.09. The van der Waals surface area contributed by atoms with Gasteiger partial charge in [0.25, 0.3) is 0 Å². The van der Waals surface area contributed by atoms with Gasteiger partial charge in [-0.1, -0.05) is 13.8 Å². The van der Waals surface area contributed by atoms with Crippen LogP contribution in [0, 0.1) is 5.92 Å². The topological polar surface area (TPSA) is 61.4 Å². The Labute approximate surface area is 73.3 Å². The lowest BCUT2D eigenvalue weighted by molar-refractivity contribution is -0.124. The summed E-state index contributed by atoms with van der Waals surface area (Å²) in [4.78, 5) is 11.0. The molecule has 0 heterocycles. The van der Waals surface area contributed by atoms with Crippen LogP contribution in [0.4, 0.5) is 0 Å². The molecule has 1 atom stereocenters. The molecule has 0 unspecified atom stereocenters. The van der Waals surface area contributed by atoms with E-state index >= 15 is 0 Å². The van der Waals surface area contributed by atoms with Gasteiger partial charge in [0.1, 0.15) is 0 Å². The van der Waals surface area contributed by atoms with E-state index < -0.39 is 6.10 Å². The summed E-state index contributed by atoms with van der Waals surface area (Å²) in [6.45, 7) is 4.45. The van der Waals surface area contributed by atoms with Gasteiger partial charge in [0.2, 0.25) is 5.91 Å². The van der Waals surface area contributed by atoms with Crippen LogP contribution in [-0.4, -0.2) is 37.3 Å². The summed E-state index contributed by atoms with van der Waals surface area (Å²) in [6.07, 6.45) is -0.502. The van der Waals surface area contributed by atoms with Crippen molar-refractivity contribution in [2.24, 2.45) is 5.92 Å². The van der Waals surface area contributed by atoms with Gasteiger partial charge in [0.05, 0.1) is 6.10 Å². The van der Waals surface area contributed by atoms with E-state index in [2.05, 4.69) is 10.6 Å². The van der Waals surface area contributed by atoms with E-state index in [4.69, 9.17) is 0 Å². The van der Waals surface area contributed by atoms with E-state index in [1.807, 2.05) is 13.8 Å². The first-order valence-corrected chi connectivity index (χ1v) is 4.18. The average molecular weight is 174 g/mol. The first-order valence-electron chi connectivity index (χ1n) is 4.18. The zero-order valence-electron chi connectivity index (χ0n) is 7.92. The van der Waals surface area contributed by atoms with Crippen molar-refractivity contribution in [2.75, 3.05) is 20.1 Å². The van der Waals surface area contributed by atoms with Gasteiger partial charge < -0.3 is 15.7 Å². The van der Waals surface area contributed by atoms with Gasteiger partial charge in [0.15, 0.2) is 0 Å². The fraction of sp³-hybridized carbons (Fsp3) is 0.875. The second-order valence-corrected chi connectivity index (χ2v) is 3.11. The van der Waals surface area contributed by atoms with Crippen LogP contribution in [0.2, 0.25) is 0 Å². The molecule has 0 saturated carbocycles. The van der Waals surface area contributed by atoms with Gasteiger partial charge in [-0.05, 0) is 7.05 Å². The monoisotopic (exact) mass is 174 g/mol. The summed E-state index contributed by atoms with van der Waals surface area (Å²) in [7, 11) is 1.76. The molecular weight excluding hydrogens is 156 g/mol. The number of carbonyl (C=O) groups is 1. The Bertz CT molecular complexity index is 137. The van der Waals surface area contributed by atoms with E-state index in [1.165, 1.54) is 0 Å². The normalized spacial score (nSPS) is 13.1. The highest BCUT2D eigenvalue weighted by atomic mass is 16.3. The Morgan fingerprint density at radius 1 is 1.42 bits per heavy atom. The Balaban J connectivity index is 3.47. The number of nitrogens with one attached hydrogen (secondary N) is 2. The predicted molar refractivity (Wildman–Crippen MR) is 47.8 cm³/mol. The van der Waals surface area contributed by atoms with Crippen LogP contribution in [0.25, 0.3) is 0 Å². The Morgan fingerprint density at radius 3 is 2.42 bits per heavy atom. The number of carbonyl (C=O) groups excluding carboxylic acids is 1. The third-order valence-corrected chi connectivity index (χ3v) is 1.48. The summed E-state index contributed by atoms with van der Waals surface area (Å²) in [5.74, 6) is -0.0445. The lowest BCUT2D eigenvalue weighted by Crippen LogP contribution is -2.38. The Kier molecular flexibility index (Phi) is 5.66. The number of hydrogen-bond acceptors (Lipinski definition) is 3. The Morgan fingerprint density at radius 2 is 2.00 bits per heavy atom. The minimum Gasteiger partial charge on any atom is -0.390 e. The van der Waals surface area contributed by atoms with Gasteiger partial charge in [-0.15, -0.1) is 0 Å². The maximum atomic E-state index is 11.0. The van der Waals surface area contributed by atoms with Gasteiger partial charge >= 0.3 is 0 Å². The maximum absolute atomic E-state index is 11.0. The molecule has 0 aromatic rings. The SMILES string of the molecule is CNC[C@@H](O)CNC(=O)C(C)C. The van der Waals surface area contributed by atoms with Crippen LogP contribution >= 0.6 is 0 Å². The van der Waals surface area contributed by atoms with Crippen molar-refractivity contribution < 1.29 is 9.90 Å². The average Bonchev–Trinajstić information content (AvgIpc) is 2.00. The summed E-state index contributed by atoms with van der Waals surface area (Å²) in [5.41, 5.74) is 0. The summed E-state index contributed by atoms with van der Waals surface area (Å²) < 4.78 is 0. The number of amides is 1. The number of hydrogen-bond donors (Lipinski definition) is 3. The molecule has 0 radical (unpaired) electrons. The molecule has 0 rings (SSSR count). The van der Waals surface area contributed by atoms with Crippen molar-refractivity contribution in [1.29, 1.82) is 0 Å². The zero-order valence-corrected chi connectivity index (χ0v) is 7.92. The van der Waals surface area contributed by atoms with E-state index in [9.17, 15) is 9.90 Å². The molecule has 0 bridgehead atoms. The molecule has 4 heteroatoms. The molecule has 72 valence electrons. The molecule has 0 saturated heterocycles. The summed E-state index contributed by atoms with van der Waals surface area (Å²) >= 11 is 0. The fourth-order valence-electron chi connectivity index (χ4n) is 0.730. The van der Waals surface area contributed by atoms with Crippen LogP contribution in [-0.2, 0) is 4.79 Å². The molecule has 1 amide bonds. The minimum absolute atomic E-state index is 0.0215. The van der Waals surface area contributed by atoms with Gasteiger partial charge in [-0.25, -0.2) is 0 Å². The number of likely N-dealkylation sites (N-methyl/N-ethyl adjacent to an activating group) is 1. The van der Waals surface area contributed by atoms with Crippen molar-refractivity contribution >= 4 is 5.91 Å². The largest absolute Gasteiger partial charge is 0.390 e. The number of rotatable bonds is 5. The van der Waals surface area contributed by atoms with Crippen molar-refractivity contribution in [3.63, 3.8) is 0 Å². The van der Waals surface area contributed by atoms with Gasteiger partial charge in [-0.3, -0.25) is 4.79 Å². The van der Waals surface area contributed by atoms with E-state index in [1.54, 1.807) is 7.05 Å². The van der Waals surface area contributed by atoms with Gasteiger partial charge in [0, 0.05) is 19.0 Å². The maximum Gasteiger partial charge on any atom is 0.222 e. The second kappa shape index (κ2) is 5.97. The summed E-state index contributed by atoms with van der Waals surface area (Å²) in [5, 5.41) is 14.7. The quantitative estimate of drug-likeness (QED) is 0.518. The Hall–Kier alpha value is -0.610. The molecule has 0 aliphatic carbocycles. The molecule has 12 heavy (non-hydrogen) atoms. The number of aliphatic hydroxyl groups is 1. The lowest BCUT2D eigenvalue weighted by atomic mass is 10.2. The molecule has 0 aliphatic rings. The first-order chi connectivity index (χ1) is 5.57. The molecule has 0 aromatic carbocycles. The van der Waals surface area contributed by atoms with Crippen molar-refractivity contribution in [2.45, 2.75) is 20.0 Å². The zero-order chi connectivity index (χ0) is 9.56. The molecule has 3 N–H and O–H groups in total. The fourth-order valence-corrected chi connectivity index (χ4v) is 0.730. The molecule has 0 aliphatic heterocycles. The van der Waals surface area contributed by atoms with Crippen LogP contribution in [0.15, 0.2) is 0 Å². The smallest absolute Gasteiger partial charge is 0.222 e. The molecule has 0 spiro atoms. The predicted octanol–water partition coefficient (Wildman–Crippen LogP) is -0.661. The van der Waals surface area contributed by atoms with E-state index in [0.29, 0.717) is 13.1 Å². The second-order valence-electron chi connectivity index (χ2n) is 3.11. The van der Waals surface area contributed by atoms with Crippen LogP contribution in [0.3, 0.4) is 0 Å². The molecule has 0 aromatic heterocycles. The first kappa shape index (κ1) is 11.4. The van der Waals surface area contributed by atoms with Crippen molar-refractivity contribution in [1.82, 2.24) is 10.6 Å².